The van der Waals surface area contributed by atoms with Crippen LogP contribution in [0.15, 0.2) is 24.3 Å². The topological polar surface area (TPSA) is 58.2 Å². The molecule has 0 aliphatic rings. The minimum Gasteiger partial charge on any atom is -0.271 e. The zero-order valence-electron chi connectivity index (χ0n) is 7.53. The Morgan fingerprint density at radius 1 is 1.15 bits per heavy atom. The molecule has 0 aliphatic heterocycles. The summed E-state index contributed by atoms with van der Waals surface area (Å²) in [5.41, 5.74) is 1.65. The van der Waals surface area contributed by atoms with Crippen molar-refractivity contribution in [3.63, 3.8) is 0 Å². The third kappa shape index (κ3) is 3.04. The number of hydrogen-bond acceptors (Lipinski definition) is 2. The standard InChI is InChI=1S/C8H12N2O2S/c1-7-3-5-8(6-4-7)10-13(11,12)9-2/h3-6,9-10H,1-2H3. The van der Waals surface area contributed by atoms with Crippen molar-refractivity contribution in [1.82, 2.24) is 4.72 Å². The maximum absolute atomic E-state index is 11.0. The van der Waals surface area contributed by atoms with Crippen LogP contribution in [-0.4, -0.2) is 15.5 Å². The van der Waals surface area contributed by atoms with Crippen LogP contribution in [0.1, 0.15) is 5.56 Å². The van der Waals surface area contributed by atoms with Crippen LogP contribution in [0.2, 0.25) is 0 Å². The number of anilines is 1. The Labute approximate surface area is 78.2 Å². The molecule has 0 saturated heterocycles. The predicted octanol–water partition coefficient (Wildman–Crippen LogP) is 0.871. The van der Waals surface area contributed by atoms with Crippen LogP contribution in [0, 0.1) is 6.92 Å². The summed E-state index contributed by atoms with van der Waals surface area (Å²) < 4.78 is 26.6. The molecule has 0 fully saturated rings. The van der Waals surface area contributed by atoms with E-state index in [1.807, 2.05) is 19.1 Å². The third-order valence-corrected chi connectivity index (χ3v) is 2.61. The van der Waals surface area contributed by atoms with Crippen molar-refractivity contribution in [1.29, 1.82) is 0 Å². The summed E-state index contributed by atoms with van der Waals surface area (Å²) >= 11 is 0. The average molecular weight is 200 g/mol. The minimum atomic E-state index is -3.39. The van der Waals surface area contributed by atoms with Gasteiger partial charge in [0, 0.05) is 12.7 Å². The lowest BCUT2D eigenvalue weighted by molar-refractivity contribution is 0.593. The Morgan fingerprint density at radius 3 is 2.15 bits per heavy atom. The first-order valence-electron chi connectivity index (χ1n) is 3.81. The van der Waals surface area contributed by atoms with Crippen LogP contribution in [0.4, 0.5) is 5.69 Å². The normalized spacial score (nSPS) is 11.2. The maximum Gasteiger partial charge on any atom is 0.298 e. The van der Waals surface area contributed by atoms with Crippen molar-refractivity contribution in [3.8, 4) is 0 Å². The lowest BCUT2D eigenvalue weighted by Gasteiger charge is -2.05. The molecule has 0 aliphatic carbocycles. The first-order chi connectivity index (χ1) is 6.03. The zero-order chi connectivity index (χ0) is 9.90. The number of hydrogen-bond donors (Lipinski definition) is 2. The average Bonchev–Trinajstić information content (AvgIpc) is 2.09. The molecule has 1 aromatic carbocycles. The predicted molar refractivity (Wildman–Crippen MR) is 52.8 cm³/mol. The fourth-order valence-corrected chi connectivity index (χ4v) is 1.38. The van der Waals surface area contributed by atoms with Gasteiger partial charge in [-0.15, -0.1) is 0 Å². The molecule has 13 heavy (non-hydrogen) atoms. The molecule has 0 radical (unpaired) electrons. The highest BCUT2D eigenvalue weighted by Crippen LogP contribution is 2.09. The largest absolute Gasteiger partial charge is 0.298 e. The van der Waals surface area contributed by atoms with E-state index in [9.17, 15) is 8.42 Å². The van der Waals surface area contributed by atoms with Crippen molar-refractivity contribution >= 4 is 15.9 Å². The first kappa shape index (κ1) is 10.0. The van der Waals surface area contributed by atoms with Crippen molar-refractivity contribution in [3.05, 3.63) is 29.8 Å². The summed E-state index contributed by atoms with van der Waals surface area (Å²) in [4.78, 5) is 0. The smallest absolute Gasteiger partial charge is 0.271 e. The first-order valence-corrected chi connectivity index (χ1v) is 5.30. The molecule has 5 heteroatoms. The van der Waals surface area contributed by atoms with Crippen LogP contribution in [-0.2, 0) is 10.2 Å². The second-order valence-corrected chi connectivity index (χ2v) is 4.29. The lowest BCUT2D eigenvalue weighted by atomic mass is 10.2. The number of aryl methyl sites for hydroxylation is 1. The van der Waals surface area contributed by atoms with Crippen LogP contribution in [0.5, 0.6) is 0 Å². The van der Waals surface area contributed by atoms with E-state index in [1.54, 1.807) is 12.1 Å². The van der Waals surface area contributed by atoms with Gasteiger partial charge in [0.1, 0.15) is 0 Å². The Morgan fingerprint density at radius 2 is 1.69 bits per heavy atom. The summed E-state index contributed by atoms with van der Waals surface area (Å²) in [6, 6.07) is 7.11. The van der Waals surface area contributed by atoms with E-state index in [-0.39, 0.29) is 0 Å². The number of benzene rings is 1. The highest BCUT2D eigenvalue weighted by Gasteiger charge is 2.04. The van der Waals surface area contributed by atoms with E-state index in [0.29, 0.717) is 5.69 Å². The molecule has 0 unspecified atom stereocenters. The van der Waals surface area contributed by atoms with E-state index in [1.165, 1.54) is 7.05 Å². The minimum absolute atomic E-state index is 0.556. The van der Waals surface area contributed by atoms with Gasteiger partial charge >= 0.3 is 0 Å². The fourth-order valence-electron chi connectivity index (χ4n) is 0.828. The summed E-state index contributed by atoms with van der Waals surface area (Å²) in [6.07, 6.45) is 0. The Bertz CT molecular complexity index is 370. The van der Waals surface area contributed by atoms with Crippen LogP contribution < -0.4 is 9.44 Å². The van der Waals surface area contributed by atoms with E-state index in [4.69, 9.17) is 0 Å². The molecular formula is C8H12N2O2S. The van der Waals surface area contributed by atoms with Gasteiger partial charge in [-0.05, 0) is 19.1 Å². The SMILES string of the molecule is CNS(=O)(=O)Nc1ccc(C)cc1. The zero-order valence-corrected chi connectivity index (χ0v) is 8.35. The number of nitrogens with one attached hydrogen (secondary N) is 2. The van der Waals surface area contributed by atoms with Gasteiger partial charge in [-0.1, -0.05) is 17.7 Å². The summed E-state index contributed by atoms with van der Waals surface area (Å²) in [5, 5.41) is 0. The summed E-state index contributed by atoms with van der Waals surface area (Å²) in [5.74, 6) is 0. The molecule has 0 saturated carbocycles. The number of rotatable bonds is 3. The van der Waals surface area contributed by atoms with Gasteiger partial charge in [0.15, 0.2) is 0 Å². The fraction of sp³-hybridized carbons (Fsp3) is 0.250. The van der Waals surface area contributed by atoms with Crippen LogP contribution in [0.3, 0.4) is 0 Å². The molecule has 0 atom stereocenters. The molecule has 0 aromatic heterocycles. The lowest BCUT2D eigenvalue weighted by Crippen LogP contribution is -2.26. The Kier molecular flexibility index (Phi) is 2.90. The molecule has 4 nitrogen and oxygen atoms in total. The van der Waals surface area contributed by atoms with Crippen LogP contribution >= 0.6 is 0 Å². The molecule has 1 rings (SSSR count). The van der Waals surface area contributed by atoms with Gasteiger partial charge in [0.05, 0.1) is 0 Å². The van der Waals surface area contributed by atoms with Gasteiger partial charge in [-0.25, -0.2) is 4.72 Å². The Hall–Kier alpha value is -1.07. The molecule has 0 amide bonds. The molecule has 0 heterocycles. The van der Waals surface area contributed by atoms with Gasteiger partial charge < -0.3 is 0 Å². The highest BCUT2D eigenvalue weighted by atomic mass is 32.2. The molecular weight excluding hydrogens is 188 g/mol. The highest BCUT2D eigenvalue weighted by molar-refractivity contribution is 7.90. The molecule has 0 spiro atoms. The Balaban J connectivity index is 2.82. The van der Waals surface area contributed by atoms with Gasteiger partial charge in [0.25, 0.3) is 10.2 Å². The third-order valence-electron chi connectivity index (χ3n) is 1.57. The quantitative estimate of drug-likeness (QED) is 0.760. The van der Waals surface area contributed by atoms with Crippen LogP contribution in [0.25, 0.3) is 0 Å². The van der Waals surface area contributed by atoms with Gasteiger partial charge in [-0.3, -0.25) is 4.72 Å². The maximum atomic E-state index is 11.0. The molecule has 1 aromatic rings. The van der Waals surface area contributed by atoms with E-state index < -0.39 is 10.2 Å². The van der Waals surface area contributed by atoms with Crippen molar-refractivity contribution in [2.24, 2.45) is 0 Å². The molecule has 72 valence electrons. The molecule has 2 N–H and O–H groups in total. The monoisotopic (exact) mass is 200 g/mol. The summed E-state index contributed by atoms with van der Waals surface area (Å²) in [7, 11) is -2.03. The van der Waals surface area contributed by atoms with Gasteiger partial charge in [-0.2, -0.15) is 8.42 Å². The second kappa shape index (κ2) is 3.76. The summed E-state index contributed by atoms with van der Waals surface area (Å²) in [6.45, 7) is 1.94. The van der Waals surface area contributed by atoms with E-state index >= 15 is 0 Å². The van der Waals surface area contributed by atoms with Crippen molar-refractivity contribution in [2.45, 2.75) is 6.92 Å². The van der Waals surface area contributed by atoms with Crippen molar-refractivity contribution < 1.29 is 8.42 Å². The van der Waals surface area contributed by atoms with Gasteiger partial charge in [0.2, 0.25) is 0 Å². The van der Waals surface area contributed by atoms with E-state index in [2.05, 4.69) is 9.44 Å². The van der Waals surface area contributed by atoms with Crippen molar-refractivity contribution in [2.75, 3.05) is 11.8 Å². The van der Waals surface area contributed by atoms with E-state index in [0.717, 1.165) is 5.56 Å². The molecule has 0 bridgehead atoms. The second-order valence-electron chi connectivity index (χ2n) is 2.68.